The first kappa shape index (κ1) is 14.9. The molecule has 1 fully saturated rings. The number of aromatic carboxylic acids is 1. The predicted octanol–water partition coefficient (Wildman–Crippen LogP) is 1.14. The Kier molecular flexibility index (Phi) is 5.43. The molecule has 0 bridgehead atoms. The highest BCUT2D eigenvalue weighted by atomic mass is 16.4. The van der Waals surface area contributed by atoms with E-state index in [1.807, 2.05) is 0 Å². The Morgan fingerprint density at radius 2 is 2.20 bits per heavy atom. The van der Waals surface area contributed by atoms with Crippen LogP contribution < -0.4 is 5.32 Å². The molecule has 0 saturated carbocycles. The second-order valence-electron chi connectivity index (χ2n) is 5.33. The van der Waals surface area contributed by atoms with Gasteiger partial charge in [-0.1, -0.05) is 6.42 Å². The maximum atomic E-state index is 11.1. The zero-order valence-electron chi connectivity index (χ0n) is 11.9. The first-order chi connectivity index (χ1) is 9.66. The second kappa shape index (κ2) is 7.31. The molecule has 0 spiro atoms. The molecule has 20 heavy (non-hydrogen) atoms. The maximum absolute atomic E-state index is 11.1. The van der Waals surface area contributed by atoms with E-state index in [4.69, 9.17) is 5.11 Å². The number of nitrogens with zero attached hydrogens (tertiary/aromatic N) is 3. The van der Waals surface area contributed by atoms with Crippen LogP contribution in [0.3, 0.4) is 0 Å². The van der Waals surface area contributed by atoms with Gasteiger partial charge < -0.3 is 15.3 Å². The number of carbonyl (C=O) groups is 1. The zero-order valence-corrected chi connectivity index (χ0v) is 11.9. The summed E-state index contributed by atoms with van der Waals surface area (Å²) in [5, 5.41) is 12.4. The molecule has 110 valence electrons. The second-order valence-corrected chi connectivity index (χ2v) is 5.33. The predicted molar refractivity (Wildman–Crippen MR) is 75.6 cm³/mol. The number of aromatic nitrogens is 2. The molecule has 1 aliphatic rings. The molecule has 6 heteroatoms. The normalized spacial score (nSPS) is 17.9. The smallest absolute Gasteiger partial charge is 0.339 e. The molecule has 0 aliphatic carbocycles. The van der Waals surface area contributed by atoms with Gasteiger partial charge in [0.1, 0.15) is 11.9 Å². The number of carboxylic acids is 1. The molecule has 2 heterocycles. The summed E-state index contributed by atoms with van der Waals surface area (Å²) in [4.78, 5) is 21.3. The van der Waals surface area contributed by atoms with Crippen molar-refractivity contribution in [3.63, 3.8) is 0 Å². The number of hydrogen-bond donors (Lipinski definition) is 2. The lowest BCUT2D eigenvalue weighted by atomic mass is 10.1. The summed E-state index contributed by atoms with van der Waals surface area (Å²) in [6, 6.07) is 0.310. The van der Waals surface area contributed by atoms with Gasteiger partial charge in [0.25, 0.3) is 0 Å². The summed E-state index contributed by atoms with van der Waals surface area (Å²) in [5.74, 6) is -0.980. The lowest BCUT2D eigenvalue weighted by Crippen LogP contribution is -2.41. The van der Waals surface area contributed by atoms with E-state index >= 15 is 0 Å². The average Bonchev–Trinajstić information content (AvgIpc) is 2.46. The molecular weight excluding hydrogens is 256 g/mol. The van der Waals surface area contributed by atoms with Crippen LogP contribution >= 0.6 is 0 Å². The average molecular weight is 278 g/mol. The quantitative estimate of drug-likeness (QED) is 0.812. The first-order valence-corrected chi connectivity index (χ1v) is 7.14. The minimum atomic E-state index is -0.980. The van der Waals surface area contributed by atoms with Crippen molar-refractivity contribution in [1.29, 1.82) is 0 Å². The molecule has 2 N–H and O–H groups in total. The van der Waals surface area contributed by atoms with Gasteiger partial charge in [0, 0.05) is 25.3 Å². The molecule has 0 amide bonds. The van der Waals surface area contributed by atoms with Crippen LogP contribution in [-0.2, 0) is 6.54 Å². The van der Waals surface area contributed by atoms with E-state index in [0.29, 0.717) is 18.3 Å². The van der Waals surface area contributed by atoms with Gasteiger partial charge in [-0.3, -0.25) is 0 Å². The van der Waals surface area contributed by atoms with Crippen molar-refractivity contribution in [2.45, 2.75) is 38.8 Å². The third-order valence-electron chi connectivity index (χ3n) is 3.62. The molecule has 1 aromatic rings. The molecule has 1 aromatic heterocycles. The Balaban J connectivity index is 1.83. The standard InChI is InChI=1S/C14H22N4O2/c1-11(9-18-5-3-2-4-6-18)16-8-13-12(14(19)20)7-15-10-17-13/h7,10-11,16H,2-6,8-9H2,1H3,(H,19,20). The Labute approximate surface area is 119 Å². The van der Waals surface area contributed by atoms with Crippen molar-refractivity contribution in [3.8, 4) is 0 Å². The number of likely N-dealkylation sites (tertiary alicyclic amines) is 1. The summed E-state index contributed by atoms with van der Waals surface area (Å²) >= 11 is 0. The summed E-state index contributed by atoms with van der Waals surface area (Å²) in [6.07, 6.45) is 6.63. The Bertz CT molecular complexity index is 447. The molecule has 0 radical (unpaired) electrons. The van der Waals surface area contributed by atoms with E-state index in [9.17, 15) is 4.79 Å². The number of rotatable bonds is 6. The summed E-state index contributed by atoms with van der Waals surface area (Å²) in [6.45, 7) is 5.91. The van der Waals surface area contributed by atoms with Crippen LogP contribution in [0.5, 0.6) is 0 Å². The highest BCUT2D eigenvalue weighted by Gasteiger charge is 2.15. The molecular formula is C14H22N4O2. The van der Waals surface area contributed by atoms with Gasteiger partial charge in [0.15, 0.2) is 0 Å². The molecule has 1 saturated heterocycles. The molecule has 1 atom stereocenters. The van der Waals surface area contributed by atoms with Gasteiger partial charge in [-0.15, -0.1) is 0 Å². The summed E-state index contributed by atoms with van der Waals surface area (Å²) in [5.41, 5.74) is 0.711. The number of piperidine rings is 1. The van der Waals surface area contributed by atoms with E-state index in [1.165, 1.54) is 44.9 Å². The molecule has 1 unspecified atom stereocenters. The highest BCUT2D eigenvalue weighted by molar-refractivity contribution is 5.88. The monoisotopic (exact) mass is 278 g/mol. The minimum Gasteiger partial charge on any atom is -0.478 e. The van der Waals surface area contributed by atoms with Gasteiger partial charge in [-0.25, -0.2) is 14.8 Å². The third-order valence-corrected chi connectivity index (χ3v) is 3.62. The van der Waals surface area contributed by atoms with Gasteiger partial charge in [0.2, 0.25) is 0 Å². The fourth-order valence-electron chi connectivity index (χ4n) is 2.54. The fourth-order valence-corrected chi connectivity index (χ4v) is 2.54. The van der Waals surface area contributed by atoms with Gasteiger partial charge >= 0.3 is 5.97 Å². The molecule has 2 rings (SSSR count). The van der Waals surface area contributed by atoms with Crippen LogP contribution in [0.1, 0.15) is 42.2 Å². The van der Waals surface area contributed by atoms with Gasteiger partial charge in [-0.05, 0) is 32.9 Å². The van der Waals surface area contributed by atoms with E-state index in [2.05, 4.69) is 27.1 Å². The molecule has 0 aromatic carbocycles. The van der Waals surface area contributed by atoms with Crippen LogP contribution in [0, 0.1) is 0 Å². The van der Waals surface area contributed by atoms with Crippen molar-refractivity contribution >= 4 is 5.97 Å². The van der Waals surface area contributed by atoms with Gasteiger partial charge in [-0.2, -0.15) is 0 Å². The number of hydrogen-bond acceptors (Lipinski definition) is 5. The Morgan fingerprint density at radius 3 is 2.90 bits per heavy atom. The van der Waals surface area contributed by atoms with E-state index in [0.717, 1.165) is 6.54 Å². The van der Waals surface area contributed by atoms with Crippen LogP contribution in [0.4, 0.5) is 0 Å². The lowest BCUT2D eigenvalue weighted by Gasteiger charge is -2.29. The van der Waals surface area contributed by atoms with Crippen LogP contribution in [-0.4, -0.2) is 51.6 Å². The number of carboxylic acid groups (broad SMARTS) is 1. The highest BCUT2D eigenvalue weighted by Crippen LogP contribution is 2.09. The van der Waals surface area contributed by atoms with Crippen molar-refractivity contribution < 1.29 is 9.90 Å². The molecule has 6 nitrogen and oxygen atoms in total. The van der Waals surface area contributed by atoms with E-state index < -0.39 is 5.97 Å². The van der Waals surface area contributed by atoms with E-state index in [1.54, 1.807) is 0 Å². The van der Waals surface area contributed by atoms with Gasteiger partial charge in [0.05, 0.1) is 5.69 Å². The van der Waals surface area contributed by atoms with Crippen LogP contribution in [0.2, 0.25) is 0 Å². The lowest BCUT2D eigenvalue weighted by molar-refractivity contribution is 0.0694. The van der Waals surface area contributed by atoms with E-state index in [-0.39, 0.29) is 5.56 Å². The van der Waals surface area contributed by atoms with Crippen molar-refractivity contribution in [1.82, 2.24) is 20.2 Å². The SMILES string of the molecule is CC(CN1CCCCC1)NCc1ncncc1C(=O)O. The summed E-state index contributed by atoms with van der Waals surface area (Å²) in [7, 11) is 0. The largest absolute Gasteiger partial charge is 0.478 e. The fraction of sp³-hybridized carbons (Fsp3) is 0.643. The van der Waals surface area contributed by atoms with Crippen molar-refractivity contribution in [2.75, 3.05) is 19.6 Å². The third kappa shape index (κ3) is 4.25. The summed E-state index contributed by atoms with van der Waals surface area (Å²) < 4.78 is 0. The minimum absolute atomic E-state index is 0.171. The number of nitrogens with one attached hydrogen (secondary N) is 1. The topological polar surface area (TPSA) is 78.3 Å². The molecule has 1 aliphatic heterocycles. The van der Waals surface area contributed by atoms with Crippen molar-refractivity contribution in [3.05, 3.63) is 23.8 Å². The van der Waals surface area contributed by atoms with Crippen LogP contribution in [0.15, 0.2) is 12.5 Å². The maximum Gasteiger partial charge on any atom is 0.339 e. The Hall–Kier alpha value is -1.53. The Morgan fingerprint density at radius 1 is 1.45 bits per heavy atom. The van der Waals surface area contributed by atoms with Crippen LogP contribution in [0.25, 0.3) is 0 Å². The zero-order chi connectivity index (χ0) is 14.4. The van der Waals surface area contributed by atoms with Crippen molar-refractivity contribution in [2.24, 2.45) is 0 Å². The first-order valence-electron chi connectivity index (χ1n) is 7.14.